The van der Waals surface area contributed by atoms with E-state index in [1.807, 2.05) is 29.6 Å². The molecular formula is C16H13FN2OS. The van der Waals surface area contributed by atoms with Gasteiger partial charge in [-0.1, -0.05) is 6.07 Å². The first-order chi connectivity index (χ1) is 10.2. The van der Waals surface area contributed by atoms with Crippen molar-refractivity contribution in [1.29, 1.82) is 0 Å². The Morgan fingerprint density at radius 1 is 1.10 bits per heavy atom. The van der Waals surface area contributed by atoms with Crippen LogP contribution in [-0.2, 0) is 4.79 Å². The summed E-state index contributed by atoms with van der Waals surface area (Å²) in [5.74, 6) is -0.588. The molecule has 3 nitrogen and oxygen atoms in total. The number of carbonyl (C=O) groups is 1. The maximum absolute atomic E-state index is 13.0. The lowest BCUT2D eigenvalue weighted by Crippen LogP contribution is -2.21. The van der Waals surface area contributed by atoms with Gasteiger partial charge >= 0.3 is 0 Å². The number of hydrogen-bond acceptors (Lipinski definition) is 3. The van der Waals surface area contributed by atoms with Crippen molar-refractivity contribution >= 4 is 38.7 Å². The summed E-state index contributed by atoms with van der Waals surface area (Å²) in [5.41, 5.74) is 1.34. The number of thiophene rings is 1. The normalized spacial score (nSPS) is 10.5. The summed E-state index contributed by atoms with van der Waals surface area (Å²) < 4.78 is 14.2. The molecule has 5 heteroatoms. The van der Waals surface area contributed by atoms with E-state index in [0.29, 0.717) is 5.69 Å². The molecule has 1 heterocycles. The molecule has 3 rings (SSSR count). The Kier molecular flexibility index (Phi) is 3.83. The molecule has 21 heavy (non-hydrogen) atoms. The van der Waals surface area contributed by atoms with Crippen molar-refractivity contribution < 1.29 is 9.18 Å². The van der Waals surface area contributed by atoms with Crippen molar-refractivity contribution in [3.8, 4) is 0 Å². The molecule has 0 aliphatic carbocycles. The van der Waals surface area contributed by atoms with E-state index in [4.69, 9.17) is 0 Å². The summed E-state index contributed by atoms with van der Waals surface area (Å²) >= 11 is 1.68. The molecule has 0 unspecified atom stereocenters. The van der Waals surface area contributed by atoms with Gasteiger partial charge in [0.1, 0.15) is 5.82 Å². The first-order valence-electron chi connectivity index (χ1n) is 6.47. The number of nitrogens with one attached hydrogen (secondary N) is 2. The lowest BCUT2D eigenvalue weighted by Gasteiger charge is -2.08. The van der Waals surface area contributed by atoms with Gasteiger partial charge < -0.3 is 10.6 Å². The van der Waals surface area contributed by atoms with Crippen LogP contribution in [0.15, 0.2) is 53.9 Å². The number of benzene rings is 2. The van der Waals surface area contributed by atoms with Gasteiger partial charge in [0.25, 0.3) is 0 Å². The Morgan fingerprint density at radius 3 is 2.86 bits per heavy atom. The standard InChI is InChI=1S/C16H13FN2OS/c17-12-2-1-3-14(9-12)19-16(20)10-18-13-4-5-15-11(8-13)6-7-21-15/h1-9,18H,10H2,(H,19,20). The maximum Gasteiger partial charge on any atom is 0.243 e. The average molecular weight is 300 g/mol. The first kappa shape index (κ1) is 13.6. The van der Waals surface area contributed by atoms with Crippen LogP contribution in [0.2, 0.25) is 0 Å². The predicted octanol–water partition coefficient (Wildman–Crippen LogP) is 4.09. The van der Waals surface area contributed by atoms with Crippen LogP contribution in [0.3, 0.4) is 0 Å². The molecule has 106 valence electrons. The lowest BCUT2D eigenvalue weighted by atomic mass is 10.2. The quantitative estimate of drug-likeness (QED) is 0.762. The Morgan fingerprint density at radius 2 is 2.00 bits per heavy atom. The minimum atomic E-state index is -0.372. The maximum atomic E-state index is 13.0. The topological polar surface area (TPSA) is 41.1 Å². The smallest absolute Gasteiger partial charge is 0.243 e. The summed E-state index contributed by atoms with van der Waals surface area (Å²) in [7, 11) is 0. The second-order valence-electron chi connectivity index (χ2n) is 4.59. The molecule has 0 bridgehead atoms. The van der Waals surface area contributed by atoms with Crippen molar-refractivity contribution in [3.05, 3.63) is 59.7 Å². The SMILES string of the molecule is O=C(CNc1ccc2sccc2c1)Nc1cccc(F)c1. The zero-order valence-corrected chi connectivity index (χ0v) is 11.9. The molecule has 0 fully saturated rings. The molecule has 1 aromatic heterocycles. The molecule has 2 aromatic carbocycles. The molecule has 3 aromatic rings. The van der Waals surface area contributed by atoms with Gasteiger partial charge in [-0.25, -0.2) is 4.39 Å². The fourth-order valence-corrected chi connectivity index (χ4v) is 2.80. The third-order valence-corrected chi connectivity index (χ3v) is 3.91. The van der Waals surface area contributed by atoms with Crippen LogP contribution in [0, 0.1) is 5.82 Å². The van der Waals surface area contributed by atoms with E-state index in [0.717, 1.165) is 11.1 Å². The molecule has 2 N–H and O–H groups in total. The van der Waals surface area contributed by atoms with Crippen molar-refractivity contribution in [3.63, 3.8) is 0 Å². The minimum Gasteiger partial charge on any atom is -0.376 e. The van der Waals surface area contributed by atoms with E-state index in [1.54, 1.807) is 23.5 Å². The average Bonchev–Trinajstić information content (AvgIpc) is 2.92. The van der Waals surface area contributed by atoms with Gasteiger partial charge in [-0.05, 0) is 53.2 Å². The summed E-state index contributed by atoms with van der Waals surface area (Å²) in [6.45, 7) is 0.131. The Bertz CT molecular complexity index is 785. The number of fused-ring (bicyclic) bond motifs is 1. The van der Waals surface area contributed by atoms with Crippen LogP contribution in [0.1, 0.15) is 0 Å². The minimum absolute atomic E-state index is 0.131. The third kappa shape index (κ3) is 3.38. The monoisotopic (exact) mass is 300 g/mol. The van der Waals surface area contributed by atoms with E-state index in [9.17, 15) is 9.18 Å². The fourth-order valence-electron chi connectivity index (χ4n) is 2.03. The van der Waals surface area contributed by atoms with Crippen molar-refractivity contribution in [2.75, 3.05) is 17.2 Å². The Hall–Kier alpha value is -2.40. The highest BCUT2D eigenvalue weighted by molar-refractivity contribution is 7.17. The second kappa shape index (κ2) is 5.93. The zero-order valence-electron chi connectivity index (χ0n) is 11.1. The van der Waals surface area contributed by atoms with Crippen LogP contribution in [-0.4, -0.2) is 12.5 Å². The lowest BCUT2D eigenvalue weighted by molar-refractivity contribution is -0.114. The van der Waals surface area contributed by atoms with Gasteiger partial charge in [-0.2, -0.15) is 0 Å². The fraction of sp³-hybridized carbons (Fsp3) is 0.0625. The molecule has 1 amide bonds. The van der Waals surface area contributed by atoms with Gasteiger partial charge in [0, 0.05) is 16.1 Å². The highest BCUT2D eigenvalue weighted by atomic mass is 32.1. The van der Waals surface area contributed by atoms with Gasteiger partial charge in [0.05, 0.1) is 6.54 Å². The number of halogens is 1. The largest absolute Gasteiger partial charge is 0.376 e. The van der Waals surface area contributed by atoms with E-state index in [-0.39, 0.29) is 18.3 Å². The van der Waals surface area contributed by atoms with E-state index < -0.39 is 0 Å². The second-order valence-corrected chi connectivity index (χ2v) is 5.53. The van der Waals surface area contributed by atoms with Crippen LogP contribution >= 0.6 is 11.3 Å². The van der Waals surface area contributed by atoms with Crippen LogP contribution < -0.4 is 10.6 Å². The highest BCUT2D eigenvalue weighted by Gasteiger charge is 2.04. The predicted molar refractivity (Wildman–Crippen MR) is 85.3 cm³/mol. The van der Waals surface area contributed by atoms with Crippen LogP contribution in [0.25, 0.3) is 10.1 Å². The first-order valence-corrected chi connectivity index (χ1v) is 7.35. The Balaban J connectivity index is 1.60. The number of rotatable bonds is 4. The van der Waals surface area contributed by atoms with Crippen molar-refractivity contribution in [1.82, 2.24) is 0 Å². The molecule has 0 atom stereocenters. The summed E-state index contributed by atoms with van der Waals surface area (Å²) in [6, 6.07) is 13.8. The van der Waals surface area contributed by atoms with Gasteiger partial charge in [0.15, 0.2) is 0 Å². The van der Waals surface area contributed by atoms with Gasteiger partial charge in [-0.3, -0.25) is 4.79 Å². The Labute approximate surface area is 125 Å². The molecule has 0 aliphatic heterocycles. The van der Waals surface area contributed by atoms with E-state index >= 15 is 0 Å². The summed E-state index contributed by atoms with van der Waals surface area (Å²) in [6.07, 6.45) is 0. The molecular weight excluding hydrogens is 287 g/mol. The number of carbonyl (C=O) groups excluding carboxylic acids is 1. The zero-order chi connectivity index (χ0) is 14.7. The van der Waals surface area contributed by atoms with Crippen molar-refractivity contribution in [2.24, 2.45) is 0 Å². The molecule has 0 radical (unpaired) electrons. The van der Waals surface area contributed by atoms with Gasteiger partial charge in [0.2, 0.25) is 5.91 Å². The number of anilines is 2. The summed E-state index contributed by atoms with van der Waals surface area (Å²) in [4.78, 5) is 11.8. The number of hydrogen-bond donors (Lipinski definition) is 2. The molecule has 0 spiro atoms. The third-order valence-electron chi connectivity index (χ3n) is 3.01. The van der Waals surface area contributed by atoms with Crippen LogP contribution in [0.4, 0.5) is 15.8 Å². The molecule has 0 saturated heterocycles. The summed E-state index contributed by atoms with van der Waals surface area (Å²) in [5, 5.41) is 8.89. The highest BCUT2D eigenvalue weighted by Crippen LogP contribution is 2.23. The van der Waals surface area contributed by atoms with E-state index in [1.165, 1.54) is 16.8 Å². The van der Waals surface area contributed by atoms with E-state index in [2.05, 4.69) is 10.6 Å². The molecule has 0 aliphatic rings. The molecule has 0 saturated carbocycles. The van der Waals surface area contributed by atoms with Crippen LogP contribution in [0.5, 0.6) is 0 Å². The van der Waals surface area contributed by atoms with Gasteiger partial charge in [-0.15, -0.1) is 11.3 Å². The number of amides is 1. The van der Waals surface area contributed by atoms with Crippen molar-refractivity contribution in [2.45, 2.75) is 0 Å².